The van der Waals surface area contributed by atoms with E-state index in [2.05, 4.69) is 6.07 Å². The first kappa shape index (κ1) is 26.5. The second-order valence-electron chi connectivity index (χ2n) is 9.61. The lowest BCUT2D eigenvalue weighted by molar-refractivity contribution is 0.0740. The molecule has 0 spiro atoms. The molecule has 41 heavy (non-hydrogen) atoms. The Morgan fingerprint density at radius 2 is 1.85 bits per heavy atom. The quantitative estimate of drug-likeness (QED) is 0.163. The fourth-order valence-electron chi connectivity index (χ4n) is 4.82. The van der Waals surface area contributed by atoms with E-state index in [9.17, 15) is 10.1 Å². The molecule has 0 radical (unpaired) electrons. The summed E-state index contributed by atoms with van der Waals surface area (Å²) in [5.74, 6) is 0.263. The zero-order valence-corrected chi connectivity index (χ0v) is 23.5. The fourth-order valence-corrected chi connectivity index (χ4v) is 6.31. The molecular formula is C33H23ClN2O4S. The van der Waals surface area contributed by atoms with Gasteiger partial charge in [-0.05, 0) is 47.9 Å². The molecule has 0 aliphatic carbocycles. The number of rotatable bonds is 6. The maximum Gasteiger partial charge on any atom is 0.355 e. The van der Waals surface area contributed by atoms with E-state index in [1.54, 1.807) is 18.2 Å². The molecule has 0 fully saturated rings. The van der Waals surface area contributed by atoms with E-state index >= 15 is 0 Å². The summed E-state index contributed by atoms with van der Waals surface area (Å²) in [4.78, 5) is 13.4. The van der Waals surface area contributed by atoms with Gasteiger partial charge in [0.25, 0.3) is 0 Å². The third-order valence-electron chi connectivity index (χ3n) is 6.81. The van der Waals surface area contributed by atoms with Gasteiger partial charge < -0.3 is 19.9 Å². The number of carbonyl (C=O) groups excluding carboxylic acids is 1. The van der Waals surface area contributed by atoms with Crippen molar-refractivity contribution in [3.05, 3.63) is 135 Å². The zero-order chi connectivity index (χ0) is 28.5. The van der Waals surface area contributed by atoms with E-state index in [-0.39, 0.29) is 17.2 Å². The Balaban J connectivity index is 1.28. The highest BCUT2D eigenvalue weighted by Crippen LogP contribution is 2.44. The van der Waals surface area contributed by atoms with Crippen LogP contribution in [0, 0.1) is 18.3 Å². The van der Waals surface area contributed by atoms with Gasteiger partial charge in [-0.25, -0.2) is 4.79 Å². The lowest BCUT2D eigenvalue weighted by Gasteiger charge is -2.27. The minimum absolute atomic E-state index is 0.00740. The Labute approximate surface area is 245 Å². The summed E-state index contributed by atoms with van der Waals surface area (Å²) < 4.78 is 18.5. The Morgan fingerprint density at radius 3 is 2.66 bits per heavy atom. The van der Waals surface area contributed by atoms with Crippen LogP contribution in [0.5, 0.6) is 17.2 Å². The van der Waals surface area contributed by atoms with Gasteiger partial charge in [0.05, 0.1) is 10.9 Å². The van der Waals surface area contributed by atoms with Gasteiger partial charge in [0.2, 0.25) is 5.88 Å². The number of hydrogen-bond donors (Lipinski definition) is 1. The number of nitrogens with two attached hydrogens (primary N) is 1. The lowest BCUT2D eigenvalue weighted by Crippen LogP contribution is -2.21. The summed E-state index contributed by atoms with van der Waals surface area (Å²) >= 11 is 7.80. The van der Waals surface area contributed by atoms with E-state index in [4.69, 9.17) is 31.5 Å². The summed E-state index contributed by atoms with van der Waals surface area (Å²) in [5.41, 5.74) is 10.1. The second kappa shape index (κ2) is 11.0. The van der Waals surface area contributed by atoms with Crippen LogP contribution in [0.2, 0.25) is 5.02 Å². The molecule has 1 atom stereocenters. The molecule has 8 heteroatoms. The van der Waals surface area contributed by atoms with Crippen molar-refractivity contribution in [1.29, 1.82) is 5.26 Å². The lowest BCUT2D eigenvalue weighted by atomic mass is 9.83. The number of esters is 1. The van der Waals surface area contributed by atoms with E-state index in [0.717, 1.165) is 26.8 Å². The van der Waals surface area contributed by atoms with Gasteiger partial charge in [0.1, 0.15) is 40.4 Å². The monoisotopic (exact) mass is 578 g/mol. The molecule has 1 unspecified atom stereocenters. The molecule has 1 aromatic heterocycles. The first-order valence-electron chi connectivity index (χ1n) is 12.8. The normalized spacial score (nSPS) is 14.2. The molecule has 1 aliphatic rings. The Hall–Kier alpha value is -4.77. The summed E-state index contributed by atoms with van der Waals surface area (Å²) in [7, 11) is 0. The molecule has 4 aromatic carbocycles. The molecule has 0 bridgehead atoms. The third kappa shape index (κ3) is 5.23. The number of nitrogens with zero attached hydrogens (tertiary/aromatic N) is 1. The molecule has 0 amide bonds. The molecule has 0 saturated carbocycles. The molecule has 2 heterocycles. The highest BCUT2D eigenvalue weighted by molar-refractivity contribution is 7.21. The van der Waals surface area contributed by atoms with E-state index in [0.29, 0.717) is 33.6 Å². The molecule has 5 aromatic rings. The topological polar surface area (TPSA) is 94.6 Å². The smallest absolute Gasteiger partial charge is 0.355 e. The third-order valence-corrected chi connectivity index (χ3v) is 8.45. The summed E-state index contributed by atoms with van der Waals surface area (Å²) in [5, 5.41) is 11.1. The van der Waals surface area contributed by atoms with Crippen LogP contribution in [0.4, 0.5) is 0 Å². The number of fused-ring (bicyclic) bond motifs is 2. The number of nitriles is 1. The minimum Gasteiger partial charge on any atom is -0.489 e. The molecule has 6 nitrogen and oxygen atoms in total. The van der Waals surface area contributed by atoms with Gasteiger partial charge >= 0.3 is 5.97 Å². The Bertz CT molecular complexity index is 1870. The van der Waals surface area contributed by atoms with Gasteiger partial charge in [-0.15, -0.1) is 11.3 Å². The fraction of sp³-hybridized carbons (Fsp3) is 0.0909. The van der Waals surface area contributed by atoms with Crippen molar-refractivity contribution in [2.24, 2.45) is 5.73 Å². The van der Waals surface area contributed by atoms with E-state index in [1.165, 1.54) is 11.3 Å². The van der Waals surface area contributed by atoms with E-state index in [1.807, 2.05) is 79.7 Å². The molecule has 202 valence electrons. The Kier molecular flexibility index (Phi) is 7.10. The first-order chi connectivity index (χ1) is 19.9. The highest BCUT2D eigenvalue weighted by Gasteiger charge is 2.31. The number of thiophene rings is 1. The van der Waals surface area contributed by atoms with Gasteiger partial charge in [-0.1, -0.05) is 72.3 Å². The molecule has 0 saturated heterocycles. The average Bonchev–Trinajstić information content (AvgIpc) is 3.31. The van der Waals surface area contributed by atoms with Crippen LogP contribution in [0.1, 0.15) is 37.8 Å². The van der Waals surface area contributed by atoms with Crippen molar-refractivity contribution in [3.8, 4) is 23.3 Å². The van der Waals surface area contributed by atoms with Crippen LogP contribution in [0.25, 0.3) is 10.1 Å². The molecule has 6 rings (SSSR count). The number of aryl methyl sites for hydroxylation is 1. The second-order valence-corrected chi connectivity index (χ2v) is 11.0. The van der Waals surface area contributed by atoms with Gasteiger partial charge in [-0.2, -0.15) is 5.26 Å². The number of halogens is 1. The SMILES string of the molecule is Cc1ccc2c(Cl)c(C(=O)Oc3ccc4c(c3)OC(N)=C(C#N)C4c3cccc(OCc4ccccc4)c3)sc2c1. The molecule has 2 N–H and O–H groups in total. The number of benzene rings is 4. The zero-order valence-electron chi connectivity index (χ0n) is 21.9. The number of hydrogen-bond acceptors (Lipinski definition) is 7. The van der Waals surface area contributed by atoms with Gasteiger partial charge in [-0.3, -0.25) is 0 Å². The van der Waals surface area contributed by atoms with Crippen LogP contribution in [-0.4, -0.2) is 5.97 Å². The molecule has 1 aliphatic heterocycles. The summed E-state index contributed by atoms with van der Waals surface area (Å²) in [6.07, 6.45) is 0. The summed E-state index contributed by atoms with van der Waals surface area (Å²) in [6, 6.07) is 30.5. The maximum absolute atomic E-state index is 13.1. The standard InChI is InChI=1S/C33H23ClN2O4S/c1-19-10-12-25-28(14-19)41-31(30(25)34)33(37)39-23-11-13-24-27(16-23)40-32(36)26(17-35)29(24)21-8-5-9-22(15-21)38-18-20-6-3-2-4-7-20/h2-16,29H,18,36H2,1H3. The summed E-state index contributed by atoms with van der Waals surface area (Å²) in [6.45, 7) is 2.40. The van der Waals surface area contributed by atoms with Gasteiger partial charge in [0.15, 0.2) is 0 Å². The average molecular weight is 579 g/mol. The van der Waals surface area contributed by atoms with Crippen molar-refractivity contribution in [3.63, 3.8) is 0 Å². The Morgan fingerprint density at radius 1 is 1.02 bits per heavy atom. The number of ether oxygens (including phenoxy) is 3. The first-order valence-corrected chi connectivity index (χ1v) is 14.0. The van der Waals surface area contributed by atoms with Crippen LogP contribution < -0.4 is 19.9 Å². The predicted octanol–water partition coefficient (Wildman–Crippen LogP) is 7.88. The van der Waals surface area contributed by atoms with E-state index < -0.39 is 11.9 Å². The number of allylic oxidation sites excluding steroid dienone is 1. The van der Waals surface area contributed by atoms with Crippen LogP contribution in [-0.2, 0) is 6.61 Å². The molecular weight excluding hydrogens is 556 g/mol. The number of carbonyl (C=O) groups is 1. The van der Waals surface area contributed by atoms with Crippen LogP contribution >= 0.6 is 22.9 Å². The van der Waals surface area contributed by atoms with Crippen molar-refractivity contribution in [1.82, 2.24) is 0 Å². The van der Waals surface area contributed by atoms with Crippen molar-refractivity contribution >= 4 is 39.0 Å². The maximum atomic E-state index is 13.1. The van der Waals surface area contributed by atoms with Crippen molar-refractivity contribution < 1.29 is 19.0 Å². The predicted molar refractivity (Wildman–Crippen MR) is 159 cm³/mol. The highest BCUT2D eigenvalue weighted by atomic mass is 35.5. The van der Waals surface area contributed by atoms with Crippen LogP contribution in [0.15, 0.2) is 102 Å². The van der Waals surface area contributed by atoms with Crippen molar-refractivity contribution in [2.75, 3.05) is 0 Å². The largest absolute Gasteiger partial charge is 0.489 e. The van der Waals surface area contributed by atoms with Crippen LogP contribution in [0.3, 0.4) is 0 Å². The van der Waals surface area contributed by atoms with Crippen molar-refractivity contribution in [2.45, 2.75) is 19.4 Å². The minimum atomic E-state index is -0.564. The van der Waals surface area contributed by atoms with Gasteiger partial charge in [0, 0.05) is 21.7 Å².